The van der Waals surface area contributed by atoms with E-state index in [0.29, 0.717) is 45.7 Å². The van der Waals surface area contributed by atoms with Crippen LogP contribution in [0, 0.1) is 6.92 Å². The summed E-state index contributed by atoms with van der Waals surface area (Å²) in [6.07, 6.45) is 3.47. The summed E-state index contributed by atoms with van der Waals surface area (Å²) in [4.78, 5) is 16.6. The van der Waals surface area contributed by atoms with Gasteiger partial charge in [0.2, 0.25) is 5.91 Å². The number of nitrogens with zero attached hydrogens (tertiary/aromatic N) is 6. The molecular weight excluding hydrogens is 380 g/mol. The van der Waals surface area contributed by atoms with Gasteiger partial charge < -0.3 is 4.90 Å². The van der Waals surface area contributed by atoms with E-state index in [1.165, 1.54) is 6.26 Å². The predicted molar refractivity (Wildman–Crippen MR) is 108 cm³/mol. The lowest BCUT2D eigenvalue weighted by Gasteiger charge is -2.34. The number of aromatic nitrogens is 4. The average molecular weight is 411 g/mol. The van der Waals surface area contributed by atoms with Crippen molar-refractivity contribution < 1.29 is 13.2 Å². The van der Waals surface area contributed by atoms with Crippen LogP contribution in [0.25, 0.3) is 11.0 Å². The standard InChI is InChI=1S/C18H30N6O3S/c1-14(2)24-16-13-19-23(18(16)15(3)20-24)6-5-17(25)22-9-7-21(8-10-22)11-12-28(4,26)27/h13-14H,5-12H2,1-4H3. The summed E-state index contributed by atoms with van der Waals surface area (Å²) < 4.78 is 26.4. The molecule has 0 aromatic carbocycles. The zero-order chi connectivity index (χ0) is 20.5. The molecule has 1 aliphatic heterocycles. The maximum Gasteiger partial charge on any atom is 0.224 e. The van der Waals surface area contributed by atoms with Crippen LogP contribution in [0.1, 0.15) is 32.0 Å². The molecular formula is C18H30N6O3S. The number of carbonyl (C=O) groups excluding carboxylic acids is 1. The summed E-state index contributed by atoms with van der Waals surface area (Å²) in [5.41, 5.74) is 2.92. The number of hydrogen-bond acceptors (Lipinski definition) is 6. The van der Waals surface area contributed by atoms with Gasteiger partial charge in [-0.2, -0.15) is 10.2 Å². The number of sulfone groups is 1. The molecule has 0 N–H and O–H groups in total. The van der Waals surface area contributed by atoms with Gasteiger partial charge in [0.25, 0.3) is 0 Å². The SMILES string of the molecule is Cc1nn(C(C)C)c2cnn(CCC(=O)N3CCN(CCS(C)(=O)=O)CC3)c12. The second kappa shape index (κ2) is 8.20. The Morgan fingerprint density at radius 1 is 1.18 bits per heavy atom. The molecule has 0 bridgehead atoms. The van der Waals surface area contributed by atoms with Crippen molar-refractivity contribution in [2.45, 2.75) is 39.8 Å². The zero-order valence-corrected chi connectivity index (χ0v) is 17.9. The molecule has 156 valence electrons. The van der Waals surface area contributed by atoms with Crippen molar-refractivity contribution in [1.29, 1.82) is 0 Å². The molecule has 3 rings (SSSR count). The minimum atomic E-state index is -2.95. The Kier molecular flexibility index (Phi) is 6.09. The van der Waals surface area contributed by atoms with Gasteiger partial charge in [-0.05, 0) is 20.8 Å². The summed E-state index contributed by atoms with van der Waals surface area (Å²) in [6.45, 7) is 9.91. The summed E-state index contributed by atoms with van der Waals surface area (Å²) >= 11 is 0. The number of aryl methyl sites for hydroxylation is 2. The largest absolute Gasteiger partial charge is 0.340 e. The fraction of sp³-hybridized carbons (Fsp3) is 0.722. The van der Waals surface area contributed by atoms with Crippen molar-refractivity contribution in [2.75, 3.05) is 44.7 Å². The lowest BCUT2D eigenvalue weighted by molar-refractivity contribution is -0.133. The van der Waals surface area contributed by atoms with E-state index in [1.807, 2.05) is 27.4 Å². The molecule has 9 nitrogen and oxygen atoms in total. The maximum atomic E-state index is 12.6. The van der Waals surface area contributed by atoms with E-state index in [0.717, 1.165) is 16.7 Å². The monoisotopic (exact) mass is 410 g/mol. The fourth-order valence-electron chi connectivity index (χ4n) is 3.62. The molecule has 28 heavy (non-hydrogen) atoms. The smallest absolute Gasteiger partial charge is 0.224 e. The van der Waals surface area contributed by atoms with Gasteiger partial charge >= 0.3 is 0 Å². The van der Waals surface area contributed by atoms with Crippen LogP contribution in [0.3, 0.4) is 0 Å². The van der Waals surface area contributed by atoms with E-state index >= 15 is 0 Å². The molecule has 0 aliphatic carbocycles. The van der Waals surface area contributed by atoms with Crippen LogP contribution < -0.4 is 0 Å². The molecule has 1 aliphatic rings. The maximum absolute atomic E-state index is 12.6. The van der Waals surface area contributed by atoms with Gasteiger partial charge in [0.1, 0.15) is 20.9 Å². The molecule has 2 aromatic rings. The van der Waals surface area contributed by atoms with Crippen molar-refractivity contribution >= 4 is 26.8 Å². The number of carbonyl (C=O) groups is 1. The quantitative estimate of drug-likeness (QED) is 0.667. The van der Waals surface area contributed by atoms with Gasteiger partial charge in [-0.25, -0.2) is 8.42 Å². The van der Waals surface area contributed by atoms with Crippen LogP contribution in [0.4, 0.5) is 0 Å². The highest BCUT2D eigenvalue weighted by molar-refractivity contribution is 7.90. The third-order valence-electron chi connectivity index (χ3n) is 5.20. The highest BCUT2D eigenvalue weighted by Gasteiger charge is 2.22. The minimum Gasteiger partial charge on any atom is -0.340 e. The van der Waals surface area contributed by atoms with Crippen molar-refractivity contribution in [3.63, 3.8) is 0 Å². The fourth-order valence-corrected chi connectivity index (χ4v) is 4.21. The first-order valence-corrected chi connectivity index (χ1v) is 11.8. The first-order valence-electron chi connectivity index (χ1n) is 9.74. The molecule has 1 saturated heterocycles. The molecule has 0 radical (unpaired) electrons. The minimum absolute atomic E-state index is 0.111. The zero-order valence-electron chi connectivity index (χ0n) is 17.1. The Morgan fingerprint density at radius 3 is 2.46 bits per heavy atom. The van der Waals surface area contributed by atoms with Crippen LogP contribution in [0.2, 0.25) is 0 Å². The topological polar surface area (TPSA) is 93.3 Å². The lowest BCUT2D eigenvalue weighted by atomic mass is 10.2. The summed E-state index contributed by atoms with van der Waals surface area (Å²) in [7, 11) is -2.95. The van der Waals surface area contributed by atoms with E-state index in [1.54, 1.807) is 0 Å². The van der Waals surface area contributed by atoms with Gasteiger partial charge in [0, 0.05) is 51.4 Å². The van der Waals surface area contributed by atoms with E-state index in [9.17, 15) is 13.2 Å². The highest BCUT2D eigenvalue weighted by atomic mass is 32.2. The van der Waals surface area contributed by atoms with Crippen LogP contribution in [-0.4, -0.2) is 88.4 Å². The Morgan fingerprint density at radius 2 is 1.86 bits per heavy atom. The van der Waals surface area contributed by atoms with Crippen molar-refractivity contribution in [1.82, 2.24) is 29.4 Å². The molecule has 0 unspecified atom stereocenters. The number of rotatable bonds is 7. The van der Waals surface area contributed by atoms with E-state index in [-0.39, 0.29) is 17.7 Å². The molecule has 1 amide bonds. The van der Waals surface area contributed by atoms with E-state index in [4.69, 9.17) is 0 Å². The Labute approximate surface area is 166 Å². The van der Waals surface area contributed by atoms with Crippen molar-refractivity contribution in [2.24, 2.45) is 0 Å². The Hall–Kier alpha value is -1.94. The summed E-state index contributed by atoms with van der Waals surface area (Å²) in [5.74, 6) is 0.278. The third kappa shape index (κ3) is 4.72. The second-order valence-corrected chi connectivity index (χ2v) is 10.1. The van der Waals surface area contributed by atoms with Crippen LogP contribution >= 0.6 is 0 Å². The first kappa shape index (κ1) is 20.8. The van der Waals surface area contributed by atoms with Gasteiger partial charge in [-0.1, -0.05) is 0 Å². The number of fused-ring (bicyclic) bond motifs is 1. The lowest BCUT2D eigenvalue weighted by Crippen LogP contribution is -2.49. The highest BCUT2D eigenvalue weighted by Crippen LogP contribution is 2.21. The van der Waals surface area contributed by atoms with Crippen LogP contribution in [0.15, 0.2) is 6.20 Å². The predicted octanol–water partition coefficient (Wildman–Crippen LogP) is 0.701. The molecule has 0 saturated carbocycles. The van der Waals surface area contributed by atoms with Gasteiger partial charge in [-0.15, -0.1) is 0 Å². The van der Waals surface area contributed by atoms with Crippen molar-refractivity contribution in [3.05, 3.63) is 11.9 Å². The van der Waals surface area contributed by atoms with E-state index in [2.05, 4.69) is 28.9 Å². The molecule has 0 atom stereocenters. The van der Waals surface area contributed by atoms with Gasteiger partial charge in [0.15, 0.2) is 0 Å². The molecule has 10 heteroatoms. The molecule has 1 fully saturated rings. The number of hydrogen-bond donors (Lipinski definition) is 0. The first-order chi connectivity index (χ1) is 13.2. The molecule has 2 aromatic heterocycles. The summed E-state index contributed by atoms with van der Waals surface area (Å²) in [6, 6.07) is 0.259. The Balaban J connectivity index is 1.53. The second-order valence-electron chi connectivity index (χ2n) is 7.83. The average Bonchev–Trinajstić information content (AvgIpc) is 3.19. The number of amides is 1. The molecule has 3 heterocycles. The third-order valence-corrected chi connectivity index (χ3v) is 6.12. The Bertz CT molecular complexity index is 938. The van der Waals surface area contributed by atoms with Crippen LogP contribution in [-0.2, 0) is 21.2 Å². The summed E-state index contributed by atoms with van der Waals surface area (Å²) in [5, 5.41) is 9.04. The normalized spacial score (nSPS) is 16.4. The molecule has 0 spiro atoms. The number of piperazine rings is 1. The van der Waals surface area contributed by atoms with E-state index < -0.39 is 9.84 Å². The van der Waals surface area contributed by atoms with Gasteiger partial charge in [-0.3, -0.25) is 19.1 Å². The van der Waals surface area contributed by atoms with Crippen LogP contribution in [0.5, 0.6) is 0 Å². The van der Waals surface area contributed by atoms with Crippen molar-refractivity contribution in [3.8, 4) is 0 Å². The van der Waals surface area contributed by atoms with Gasteiger partial charge in [0.05, 0.1) is 24.2 Å².